The lowest BCUT2D eigenvalue weighted by atomic mass is 10.1. The summed E-state index contributed by atoms with van der Waals surface area (Å²) in [6, 6.07) is 2.75. The number of phosphoric ester groups is 3. The molecule has 1 amide bonds. The van der Waals surface area contributed by atoms with Gasteiger partial charge in [-0.05, 0) is 16.7 Å². The largest absolute Gasteiger partial charge is 0.756 e. The van der Waals surface area contributed by atoms with Crippen LogP contribution in [0.3, 0.4) is 0 Å². The number of carbonyl (C=O) groups excluding carboxylic acids is 1. The quantitative estimate of drug-likeness (QED) is 0.0273. The van der Waals surface area contributed by atoms with E-state index in [0.29, 0.717) is 0 Å². The lowest BCUT2D eigenvalue weighted by molar-refractivity contribution is -0.765. The molecule has 5 heterocycles. The molecule has 3 aromatic rings. The van der Waals surface area contributed by atoms with Crippen LogP contribution in [-0.4, -0.2) is 105 Å². The lowest BCUT2D eigenvalue weighted by Crippen LogP contribution is -2.46. The van der Waals surface area contributed by atoms with Gasteiger partial charge in [-0.3, -0.25) is 23.0 Å². The van der Waals surface area contributed by atoms with Crippen LogP contribution in [0.15, 0.2) is 36.0 Å². The topological polar surface area (TPSA) is 416 Å². The van der Waals surface area contributed by atoms with Crippen molar-refractivity contribution in [2.75, 3.05) is 18.9 Å². The van der Waals surface area contributed by atoms with Gasteiger partial charge in [0.2, 0.25) is 5.95 Å². The second-order valence-corrected chi connectivity index (χ2v) is 14.8. The normalized spacial score (nSPS) is 29.0. The van der Waals surface area contributed by atoms with Crippen molar-refractivity contribution in [1.29, 1.82) is 0 Å². The van der Waals surface area contributed by atoms with E-state index in [2.05, 4.69) is 42.9 Å². The van der Waals surface area contributed by atoms with Crippen molar-refractivity contribution < 1.29 is 85.3 Å². The van der Waals surface area contributed by atoms with E-state index in [1.807, 2.05) is 0 Å². The van der Waals surface area contributed by atoms with Crippen LogP contribution in [0.25, 0.3) is 21.6 Å². The highest BCUT2D eigenvalue weighted by atomic mass is 31.3. The molecule has 3 aromatic heterocycles. The molecule has 0 aromatic carbocycles. The number of hydrogen-bond donors (Lipinski definition) is 8. The van der Waals surface area contributed by atoms with E-state index >= 15 is 0 Å². The summed E-state index contributed by atoms with van der Waals surface area (Å²) in [5.41, 5.74) is 19.4. The maximum absolute atomic E-state index is 12.6. The van der Waals surface area contributed by atoms with Gasteiger partial charge < -0.3 is 60.4 Å². The summed E-state index contributed by atoms with van der Waals surface area (Å²) >= 11 is 0. The molecule has 0 spiro atoms. The predicted octanol–water partition coefficient (Wildman–Crippen LogP) is -2.59. The van der Waals surface area contributed by atoms with E-state index < -0.39 is 97.6 Å². The van der Waals surface area contributed by atoms with Gasteiger partial charge in [0.1, 0.15) is 41.6 Å². The number of azide groups is 1. The van der Waals surface area contributed by atoms with Crippen molar-refractivity contribution in [3.63, 3.8) is 0 Å². The minimum Gasteiger partial charge on any atom is -0.756 e. The average molecular weight is 784 g/mol. The Balaban J connectivity index is 1.24. The zero-order valence-electron chi connectivity index (χ0n) is 25.2. The van der Waals surface area contributed by atoms with Gasteiger partial charge in [-0.25, -0.2) is 28.4 Å². The molecule has 2 aliphatic rings. The summed E-state index contributed by atoms with van der Waals surface area (Å²) in [7, 11) is -16.8. The number of rotatable bonds is 14. The van der Waals surface area contributed by atoms with E-state index in [4.69, 9.17) is 26.5 Å². The first-order chi connectivity index (χ1) is 23.8. The van der Waals surface area contributed by atoms with Gasteiger partial charge in [-0.15, -0.1) is 0 Å². The highest BCUT2D eigenvalue weighted by molar-refractivity contribution is 7.60. The summed E-state index contributed by atoms with van der Waals surface area (Å²) in [5.74, 6) is -1.58. The summed E-state index contributed by atoms with van der Waals surface area (Å²) in [6.45, 7) is -2.21. The number of imidazole rings is 1. The van der Waals surface area contributed by atoms with Gasteiger partial charge in [0.15, 0.2) is 36.2 Å². The minimum absolute atomic E-state index is 0.0188. The lowest BCUT2D eigenvalue weighted by Gasteiger charge is -2.26. The Hall–Kier alpha value is -3.55. The third-order valence-electron chi connectivity index (χ3n) is 7.16. The molecule has 2 saturated heterocycles. The van der Waals surface area contributed by atoms with Gasteiger partial charge in [-0.2, -0.15) is 4.57 Å². The van der Waals surface area contributed by atoms with Gasteiger partial charge in [0, 0.05) is 11.0 Å². The number of phosphoric acid groups is 3. The number of aliphatic hydroxyl groups excluding tert-OH is 3. The first-order valence-corrected chi connectivity index (χ1v) is 18.4. The van der Waals surface area contributed by atoms with Crippen molar-refractivity contribution in [3.8, 4) is 0 Å². The van der Waals surface area contributed by atoms with E-state index in [-0.39, 0.29) is 22.5 Å². The van der Waals surface area contributed by atoms with Gasteiger partial charge >= 0.3 is 15.6 Å². The van der Waals surface area contributed by atoms with Crippen LogP contribution in [0.1, 0.15) is 22.8 Å². The van der Waals surface area contributed by atoms with Crippen LogP contribution < -0.4 is 20.9 Å². The van der Waals surface area contributed by atoms with E-state index in [1.165, 1.54) is 29.1 Å². The molecule has 0 radical (unpaired) electrons. The Morgan fingerprint density at radius 1 is 1.10 bits per heavy atom. The van der Waals surface area contributed by atoms with Crippen LogP contribution in [0.4, 0.5) is 11.8 Å². The molecule has 0 saturated carbocycles. The molecule has 5 rings (SSSR count). The summed E-state index contributed by atoms with van der Waals surface area (Å²) in [5, 5.41) is 34.8. The first kappa shape index (κ1) is 38.7. The number of anilines is 1. The van der Waals surface area contributed by atoms with Gasteiger partial charge in [0.05, 0.1) is 19.5 Å². The molecule has 10 atom stereocenters. The number of nitrogen functional groups attached to an aromatic ring is 1. The zero-order chi connectivity index (χ0) is 37.5. The maximum atomic E-state index is 12.6. The van der Waals surface area contributed by atoms with Gasteiger partial charge in [-0.1, -0.05) is 0 Å². The second-order valence-electron chi connectivity index (χ2n) is 10.6. The molecule has 0 aliphatic carbocycles. The van der Waals surface area contributed by atoms with E-state index in [9.17, 15) is 53.4 Å². The zero-order valence-corrected chi connectivity index (χ0v) is 27.9. The third-order valence-corrected chi connectivity index (χ3v) is 10.2. The van der Waals surface area contributed by atoms with Gasteiger partial charge in [0.25, 0.3) is 20.0 Å². The number of nitrogens with two attached hydrogens (primary N) is 2. The Morgan fingerprint density at radius 2 is 1.78 bits per heavy atom. The Bertz CT molecular complexity index is 1990. The van der Waals surface area contributed by atoms with Crippen LogP contribution in [0.2, 0.25) is 0 Å². The molecule has 2 unspecified atom stereocenters. The fourth-order valence-electron chi connectivity index (χ4n) is 4.97. The highest BCUT2D eigenvalue weighted by Gasteiger charge is 2.51. The predicted molar refractivity (Wildman–Crippen MR) is 157 cm³/mol. The molecule has 30 heteroatoms. The monoisotopic (exact) mass is 784 g/mol. The number of aromatic nitrogens is 5. The third kappa shape index (κ3) is 8.92. The molecular weight excluding hydrogens is 757 g/mol. The number of pyridine rings is 1. The van der Waals surface area contributed by atoms with Crippen molar-refractivity contribution in [2.24, 2.45) is 10.8 Å². The molecular formula is C21H27N10O17P3. The molecule has 10 N–H and O–H groups in total. The first-order valence-electron chi connectivity index (χ1n) is 13.9. The van der Waals surface area contributed by atoms with Crippen molar-refractivity contribution >= 4 is 52.3 Å². The second kappa shape index (κ2) is 14.8. The van der Waals surface area contributed by atoms with Crippen molar-refractivity contribution in [1.82, 2.24) is 19.5 Å². The Labute approximate surface area is 283 Å². The fraction of sp³-hybridized carbons (Fsp3) is 0.476. The van der Waals surface area contributed by atoms with Crippen LogP contribution in [0, 0.1) is 0 Å². The standard InChI is InChI=1S/C21H27N10O17P3/c22-16-11-18(27-21(26-16)28-29-24)31(7-25-11)20-15(47-49(36,37)38)13(33)10(46-20)6-44-51(41,42)48-50(39,40)43-5-9-12(32)14(34)19(45-9)30-3-1-2-8(4-30)17(23)35/h1-4,7,9-10,12-15,19-20,32-34H,5-6H2,(H7-,22,23,26,27,35,36,37,38,39,40,41,42)/t9-,10-,12-,13-,14-,15-,19-,20-/m1/s1. The summed E-state index contributed by atoms with van der Waals surface area (Å²) in [4.78, 5) is 67.0. The molecule has 278 valence electrons. The SMILES string of the molecule is [N-]=[N+]=Nc1nc(N)c2ncn([C@@H]3O[C@H](COP(=O)(O)OP(=O)([O-])OC[C@H]4O[C@@H]([n+]5cccc(C(N)=O)c5)[C@H](O)[C@@H]4O)[C@@H](O)[C@H]3OP(=O)(O)O)c2n1. The van der Waals surface area contributed by atoms with Crippen LogP contribution in [0.5, 0.6) is 0 Å². The van der Waals surface area contributed by atoms with Crippen LogP contribution in [-0.2, 0) is 41.1 Å². The molecule has 27 nitrogen and oxygen atoms in total. The number of primary amides is 1. The smallest absolute Gasteiger partial charge is 0.478 e. The summed E-state index contributed by atoms with van der Waals surface area (Å²) < 4.78 is 67.9. The molecule has 0 bridgehead atoms. The molecule has 2 fully saturated rings. The Kier molecular flexibility index (Phi) is 11.2. The molecule has 2 aliphatic heterocycles. The van der Waals surface area contributed by atoms with E-state index in [1.54, 1.807) is 0 Å². The number of hydrogen-bond acceptors (Lipinski definition) is 19. The number of carbonyl (C=O) groups is 1. The maximum Gasteiger partial charge on any atom is 0.478 e. The van der Waals surface area contributed by atoms with E-state index in [0.717, 1.165) is 10.9 Å². The number of ether oxygens (including phenoxy) is 2. The number of amides is 1. The minimum atomic E-state index is -5.77. The number of aliphatic hydroxyl groups is 3. The van der Waals surface area contributed by atoms with Crippen LogP contribution >= 0.6 is 23.5 Å². The average Bonchev–Trinajstić information content (AvgIpc) is 3.68. The Morgan fingerprint density at radius 3 is 2.45 bits per heavy atom. The van der Waals surface area contributed by atoms with Crippen molar-refractivity contribution in [3.05, 3.63) is 46.9 Å². The highest BCUT2D eigenvalue weighted by Crippen LogP contribution is 2.58. The summed E-state index contributed by atoms with van der Waals surface area (Å²) in [6.07, 6.45) is -10.3. The fourth-order valence-corrected chi connectivity index (χ4v) is 7.56. The molecule has 51 heavy (non-hydrogen) atoms. The van der Waals surface area contributed by atoms with Crippen molar-refractivity contribution in [2.45, 2.75) is 49.1 Å². The number of nitrogens with zero attached hydrogens (tertiary/aromatic N) is 8. The number of fused-ring (bicyclic) bond motifs is 1.